The van der Waals surface area contributed by atoms with Crippen LogP contribution in [-0.4, -0.2) is 14.2 Å². The van der Waals surface area contributed by atoms with E-state index in [-0.39, 0.29) is 27.9 Å². The summed E-state index contributed by atoms with van der Waals surface area (Å²) in [6, 6.07) is 27.7. The number of allylic oxidation sites excluding steroid dienone is 1. The van der Waals surface area contributed by atoms with Gasteiger partial charge in [-0.05, 0) is 59.2 Å². The van der Waals surface area contributed by atoms with Crippen molar-refractivity contribution in [3.05, 3.63) is 119 Å². The van der Waals surface area contributed by atoms with Crippen molar-refractivity contribution in [3.8, 4) is 22.6 Å². The first-order chi connectivity index (χ1) is 16.4. The first-order valence-electron chi connectivity index (χ1n) is 10.3. The van der Waals surface area contributed by atoms with E-state index in [9.17, 15) is 13.2 Å². The van der Waals surface area contributed by atoms with Crippen LogP contribution in [0, 0.1) is 0 Å². The van der Waals surface area contributed by atoms with Gasteiger partial charge in [0, 0.05) is 11.1 Å². The molecule has 0 fully saturated rings. The average molecular weight is 489 g/mol. The lowest BCUT2D eigenvalue weighted by atomic mass is 10.0. The molecule has 4 aromatic rings. The fourth-order valence-corrected chi connectivity index (χ4v) is 4.60. The summed E-state index contributed by atoms with van der Waals surface area (Å²) in [7, 11) is -4.06. The molecule has 0 amide bonds. The molecule has 7 heteroatoms. The molecule has 168 valence electrons. The highest BCUT2D eigenvalue weighted by Gasteiger charge is 2.28. The quantitative estimate of drug-likeness (QED) is 0.240. The van der Waals surface area contributed by atoms with Crippen LogP contribution in [0.15, 0.2) is 108 Å². The van der Waals surface area contributed by atoms with Crippen molar-refractivity contribution in [1.29, 1.82) is 0 Å². The number of hydrogen-bond acceptors (Lipinski definition) is 5. The summed E-state index contributed by atoms with van der Waals surface area (Å²) in [6.07, 6.45) is 1.65. The summed E-state index contributed by atoms with van der Waals surface area (Å²) < 4.78 is 36.0. The number of carbonyl (C=O) groups is 1. The maximum Gasteiger partial charge on any atom is 0.339 e. The van der Waals surface area contributed by atoms with Gasteiger partial charge in [-0.25, -0.2) is 0 Å². The zero-order valence-electron chi connectivity index (χ0n) is 17.6. The van der Waals surface area contributed by atoms with E-state index in [1.54, 1.807) is 6.08 Å². The molecule has 0 radical (unpaired) electrons. The van der Waals surface area contributed by atoms with Gasteiger partial charge in [0.2, 0.25) is 5.78 Å². The van der Waals surface area contributed by atoms with E-state index in [0.717, 1.165) is 16.7 Å². The predicted molar refractivity (Wildman–Crippen MR) is 131 cm³/mol. The SMILES string of the molecule is O=C1C(=Cc2ccc(-c3ccccc3)cc2)Oc2cc(OS(=O)(=O)c3ccc(Cl)cc3)ccc21. The lowest BCUT2D eigenvalue weighted by molar-refractivity contribution is 0.101. The largest absolute Gasteiger partial charge is 0.452 e. The zero-order chi connectivity index (χ0) is 23.7. The van der Waals surface area contributed by atoms with E-state index in [1.165, 1.54) is 42.5 Å². The van der Waals surface area contributed by atoms with Crippen LogP contribution < -0.4 is 8.92 Å². The highest BCUT2D eigenvalue weighted by Crippen LogP contribution is 2.36. The molecule has 0 atom stereocenters. The average Bonchev–Trinajstić information content (AvgIpc) is 3.14. The van der Waals surface area contributed by atoms with E-state index < -0.39 is 10.1 Å². The third-order valence-electron chi connectivity index (χ3n) is 5.27. The molecule has 0 saturated carbocycles. The summed E-state index contributed by atoms with van der Waals surface area (Å²) in [4.78, 5) is 12.7. The number of hydrogen-bond donors (Lipinski definition) is 0. The van der Waals surface area contributed by atoms with E-state index in [0.29, 0.717) is 10.6 Å². The second-order valence-electron chi connectivity index (χ2n) is 7.58. The zero-order valence-corrected chi connectivity index (χ0v) is 19.2. The molecule has 1 heterocycles. The Balaban J connectivity index is 1.35. The number of fused-ring (bicyclic) bond motifs is 1. The van der Waals surface area contributed by atoms with Gasteiger partial charge in [-0.2, -0.15) is 8.42 Å². The molecule has 4 aromatic carbocycles. The first-order valence-corrected chi connectivity index (χ1v) is 12.1. The number of carbonyl (C=O) groups excluding carboxylic acids is 1. The summed E-state index contributed by atoms with van der Waals surface area (Å²) in [6.45, 7) is 0. The van der Waals surface area contributed by atoms with Crippen LogP contribution in [-0.2, 0) is 10.1 Å². The number of benzene rings is 4. The number of ether oxygens (including phenoxy) is 1. The maximum absolute atomic E-state index is 12.8. The second-order valence-corrected chi connectivity index (χ2v) is 9.56. The Morgan fingerprint density at radius 2 is 1.47 bits per heavy atom. The molecule has 0 bridgehead atoms. The van der Waals surface area contributed by atoms with Crippen LogP contribution >= 0.6 is 11.6 Å². The van der Waals surface area contributed by atoms with Crippen LogP contribution in [0.25, 0.3) is 17.2 Å². The molecule has 0 spiro atoms. The van der Waals surface area contributed by atoms with Gasteiger partial charge in [-0.15, -0.1) is 0 Å². The van der Waals surface area contributed by atoms with Crippen molar-refractivity contribution >= 4 is 33.6 Å². The fraction of sp³-hybridized carbons (Fsp3) is 0. The summed E-state index contributed by atoms with van der Waals surface area (Å²) in [5.41, 5.74) is 3.30. The smallest absolute Gasteiger partial charge is 0.339 e. The molecule has 34 heavy (non-hydrogen) atoms. The van der Waals surface area contributed by atoms with E-state index >= 15 is 0 Å². The minimum absolute atomic E-state index is 0.0334. The van der Waals surface area contributed by atoms with Crippen molar-refractivity contribution in [2.24, 2.45) is 0 Å². The van der Waals surface area contributed by atoms with Gasteiger partial charge < -0.3 is 8.92 Å². The number of ketones is 1. The highest BCUT2D eigenvalue weighted by atomic mass is 35.5. The Morgan fingerprint density at radius 1 is 0.794 bits per heavy atom. The molecular formula is C27H17ClO5S. The predicted octanol–water partition coefficient (Wildman–Crippen LogP) is 6.39. The Kier molecular flexibility index (Phi) is 5.69. The topological polar surface area (TPSA) is 69.7 Å². The molecule has 5 rings (SSSR count). The fourth-order valence-electron chi connectivity index (χ4n) is 3.55. The molecule has 0 N–H and O–H groups in total. The van der Waals surface area contributed by atoms with Crippen molar-refractivity contribution in [1.82, 2.24) is 0 Å². The van der Waals surface area contributed by atoms with Crippen LogP contribution in [0.1, 0.15) is 15.9 Å². The Morgan fingerprint density at radius 3 is 2.18 bits per heavy atom. The number of Topliss-reactive ketones (excluding diaryl/α,β-unsaturated/α-hetero) is 1. The Labute approximate surface area is 202 Å². The van der Waals surface area contributed by atoms with Crippen LogP contribution in [0.4, 0.5) is 0 Å². The van der Waals surface area contributed by atoms with Crippen LogP contribution in [0.5, 0.6) is 11.5 Å². The van der Waals surface area contributed by atoms with Gasteiger partial charge in [-0.1, -0.05) is 66.2 Å². The Hall–Kier alpha value is -3.87. The van der Waals surface area contributed by atoms with E-state index in [4.69, 9.17) is 20.5 Å². The molecular weight excluding hydrogens is 472 g/mol. The van der Waals surface area contributed by atoms with E-state index in [2.05, 4.69) is 0 Å². The van der Waals surface area contributed by atoms with Gasteiger partial charge in [0.05, 0.1) is 5.56 Å². The molecule has 5 nitrogen and oxygen atoms in total. The molecule has 0 saturated heterocycles. The molecule has 0 unspecified atom stereocenters. The third kappa shape index (κ3) is 4.46. The monoisotopic (exact) mass is 488 g/mol. The lowest BCUT2D eigenvalue weighted by Crippen LogP contribution is -2.09. The van der Waals surface area contributed by atoms with Crippen molar-refractivity contribution in [3.63, 3.8) is 0 Å². The van der Waals surface area contributed by atoms with Gasteiger partial charge in [0.1, 0.15) is 16.4 Å². The molecule has 1 aliphatic rings. The van der Waals surface area contributed by atoms with Crippen LogP contribution in [0.2, 0.25) is 5.02 Å². The van der Waals surface area contributed by atoms with Gasteiger partial charge in [0.25, 0.3) is 0 Å². The van der Waals surface area contributed by atoms with Crippen LogP contribution in [0.3, 0.4) is 0 Å². The van der Waals surface area contributed by atoms with Gasteiger partial charge >= 0.3 is 10.1 Å². The number of halogens is 1. The van der Waals surface area contributed by atoms with Gasteiger partial charge in [0.15, 0.2) is 5.76 Å². The number of rotatable bonds is 5. The maximum atomic E-state index is 12.8. The third-order valence-corrected chi connectivity index (χ3v) is 6.78. The minimum atomic E-state index is -4.06. The normalized spacial score (nSPS) is 14.0. The van der Waals surface area contributed by atoms with E-state index in [1.807, 2.05) is 54.6 Å². The standard InChI is InChI=1S/C27H17ClO5S/c28-21-10-13-23(14-11-21)34(30,31)33-22-12-15-24-25(17-22)32-26(27(24)29)16-18-6-8-20(9-7-18)19-4-2-1-3-5-19/h1-17H. The summed E-state index contributed by atoms with van der Waals surface area (Å²) >= 11 is 5.82. The Bertz CT molecular complexity index is 1510. The minimum Gasteiger partial charge on any atom is -0.452 e. The highest BCUT2D eigenvalue weighted by molar-refractivity contribution is 7.87. The summed E-state index contributed by atoms with van der Waals surface area (Å²) in [5.74, 6) is 0.144. The van der Waals surface area contributed by atoms with Crippen molar-refractivity contribution in [2.45, 2.75) is 4.90 Å². The first kappa shape index (κ1) is 21.9. The molecule has 0 aromatic heterocycles. The lowest BCUT2D eigenvalue weighted by Gasteiger charge is -2.08. The second kappa shape index (κ2) is 8.82. The molecule has 1 aliphatic heterocycles. The van der Waals surface area contributed by atoms with Crippen molar-refractivity contribution in [2.75, 3.05) is 0 Å². The van der Waals surface area contributed by atoms with Gasteiger partial charge in [-0.3, -0.25) is 4.79 Å². The molecule has 0 aliphatic carbocycles. The summed E-state index contributed by atoms with van der Waals surface area (Å²) in [5, 5.41) is 0.414. The van der Waals surface area contributed by atoms with Crippen molar-refractivity contribution < 1.29 is 22.1 Å².